The first-order valence-electron chi connectivity index (χ1n) is 6.38. The van der Waals surface area contributed by atoms with E-state index in [9.17, 15) is 4.79 Å². The van der Waals surface area contributed by atoms with Gasteiger partial charge in [-0.15, -0.1) is 0 Å². The van der Waals surface area contributed by atoms with E-state index >= 15 is 0 Å². The Morgan fingerprint density at radius 3 is 2.75 bits per heavy atom. The number of esters is 1. The highest BCUT2D eigenvalue weighted by Gasteiger charge is 2.35. The van der Waals surface area contributed by atoms with Crippen molar-refractivity contribution in [2.75, 3.05) is 26.7 Å². The molecule has 0 amide bonds. The van der Waals surface area contributed by atoms with Gasteiger partial charge < -0.3 is 9.64 Å². The Labute approximate surface area is 99.1 Å². The van der Waals surface area contributed by atoms with Crippen molar-refractivity contribution in [1.82, 2.24) is 4.90 Å². The lowest BCUT2D eigenvalue weighted by Gasteiger charge is -2.20. The molecule has 0 N–H and O–H groups in total. The second-order valence-electron chi connectivity index (χ2n) is 5.22. The third kappa shape index (κ3) is 3.48. The van der Waals surface area contributed by atoms with Gasteiger partial charge in [0, 0.05) is 19.6 Å². The van der Waals surface area contributed by atoms with E-state index in [0.717, 1.165) is 25.6 Å². The molecular weight excluding hydrogens is 202 g/mol. The summed E-state index contributed by atoms with van der Waals surface area (Å²) >= 11 is 0. The fourth-order valence-electron chi connectivity index (χ4n) is 2.70. The fourth-order valence-corrected chi connectivity index (χ4v) is 2.70. The maximum Gasteiger partial charge on any atom is 0.310 e. The summed E-state index contributed by atoms with van der Waals surface area (Å²) in [4.78, 5) is 13.9. The first-order chi connectivity index (χ1) is 7.58. The summed E-state index contributed by atoms with van der Waals surface area (Å²) in [6, 6.07) is 0. The van der Waals surface area contributed by atoms with Gasteiger partial charge in [0.2, 0.25) is 0 Å². The lowest BCUT2D eigenvalue weighted by molar-refractivity contribution is -0.146. The summed E-state index contributed by atoms with van der Waals surface area (Å²) in [7, 11) is 1.48. The first-order valence-corrected chi connectivity index (χ1v) is 6.38. The van der Waals surface area contributed by atoms with Crippen molar-refractivity contribution in [2.24, 2.45) is 17.8 Å². The van der Waals surface area contributed by atoms with E-state index in [0.29, 0.717) is 5.92 Å². The highest BCUT2D eigenvalue weighted by molar-refractivity contribution is 5.73. The van der Waals surface area contributed by atoms with Gasteiger partial charge in [-0.05, 0) is 18.3 Å². The van der Waals surface area contributed by atoms with E-state index < -0.39 is 0 Å². The molecule has 0 aromatic carbocycles. The molecule has 0 saturated carbocycles. The zero-order chi connectivity index (χ0) is 12.1. The summed E-state index contributed by atoms with van der Waals surface area (Å²) in [6.45, 7) is 9.69. The van der Waals surface area contributed by atoms with Crippen LogP contribution in [0.5, 0.6) is 0 Å². The molecule has 0 spiro atoms. The first kappa shape index (κ1) is 13.5. The number of likely N-dealkylation sites (tertiary alicyclic amines) is 1. The largest absolute Gasteiger partial charge is 0.469 e. The standard InChI is InChI=1S/C13H25NO2/c1-5-6-10(2)7-14-8-11(3)12(9-14)13(15)16-4/h10-12H,5-9H2,1-4H3. The van der Waals surface area contributed by atoms with Gasteiger partial charge >= 0.3 is 5.97 Å². The SMILES string of the molecule is CCCC(C)CN1CC(C)C(C(=O)OC)C1. The highest BCUT2D eigenvalue weighted by atomic mass is 16.5. The number of ether oxygens (including phenoxy) is 1. The molecule has 94 valence electrons. The smallest absolute Gasteiger partial charge is 0.310 e. The zero-order valence-corrected chi connectivity index (χ0v) is 11.0. The van der Waals surface area contributed by atoms with Gasteiger partial charge in [0.15, 0.2) is 0 Å². The minimum Gasteiger partial charge on any atom is -0.469 e. The van der Waals surface area contributed by atoms with Crippen LogP contribution in [0.2, 0.25) is 0 Å². The summed E-state index contributed by atoms with van der Waals surface area (Å²) in [6.07, 6.45) is 2.51. The Balaban J connectivity index is 2.40. The van der Waals surface area contributed by atoms with Crippen LogP contribution in [0, 0.1) is 17.8 Å². The van der Waals surface area contributed by atoms with Crippen LogP contribution in [-0.2, 0) is 9.53 Å². The van der Waals surface area contributed by atoms with Crippen LogP contribution >= 0.6 is 0 Å². The molecule has 1 aliphatic heterocycles. The number of hydrogen-bond acceptors (Lipinski definition) is 3. The minimum atomic E-state index is -0.0434. The van der Waals surface area contributed by atoms with Gasteiger partial charge in [-0.1, -0.05) is 27.2 Å². The molecule has 1 saturated heterocycles. The molecule has 0 aliphatic carbocycles. The van der Waals surface area contributed by atoms with Crippen LogP contribution < -0.4 is 0 Å². The average Bonchev–Trinajstić information content (AvgIpc) is 2.58. The second-order valence-corrected chi connectivity index (χ2v) is 5.22. The summed E-state index contributed by atoms with van der Waals surface area (Å²) in [5, 5.41) is 0. The van der Waals surface area contributed by atoms with Crippen LogP contribution in [0.25, 0.3) is 0 Å². The van der Waals surface area contributed by atoms with E-state index in [4.69, 9.17) is 4.74 Å². The monoisotopic (exact) mass is 227 g/mol. The van der Waals surface area contributed by atoms with Gasteiger partial charge in [0.05, 0.1) is 13.0 Å². The molecule has 0 radical (unpaired) electrons. The molecule has 0 aromatic rings. The Morgan fingerprint density at radius 2 is 2.19 bits per heavy atom. The van der Waals surface area contributed by atoms with E-state index in [1.807, 2.05) is 0 Å². The molecule has 3 unspecified atom stereocenters. The average molecular weight is 227 g/mol. The third-order valence-corrected chi connectivity index (χ3v) is 3.54. The van der Waals surface area contributed by atoms with Gasteiger partial charge in [-0.3, -0.25) is 4.79 Å². The second kappa shape index (κ2) is 6.24. The summed E-state index contributed by atoms with van der Waals surface area (Å²) in [5.41, 5.74) is 0. The Bertz CT molecular complexity index is 230. The predicted molar refractivity (Wildman–Crippen MR) is 65.2 cm³/mol. The van der Waals surface area contributed by atoms with Crippen LogP contribution in [-0.4, -0.2) is 37.6 Å². The summed E-state index contributed by atoms with van der Waals surface area (Å²) < 4.78 is 4.84. The third-order valence-electron chi connectivity index (χ3n) is 3.54. The van der Waals surface area contributed by atoms with Crippen LogP contribution in [0.3, 0.4) is 0 Å². The quantitative estimate of drug-likeness (QED) is 0.674. The number of hydrogen-bond donors (Lipinski definition) is 0. The van der Waals surface area contributed by atoms with E-state index in [1.165, 1.54) is 20.0 Å². The number of carbonyl (C=O) groups is 1. The molecule has 16 heavy (non-hydrogen) atoms. The molecule has 1 fully saturated rings. The van der Waals surface area contributed by atoms with Gasteiger partial charge in [-0.2, -0.15) is 0 Å². The lowest BCUT2D eigenvalue weighted by atomic mass is 9.99. The lowest BCUT2D eigenvalue weighted by Crippen LogP contribution is -2.28. The van der Waals surface area contributed by atoms with Crippen LogP contribution in [0.15, 0.2) is 0 Å². The van der Waals surface area contributed by atoms with Crippen LogP contribution in [0.4, 0.5) is 0 Å². The van der Waals surface area contributed by atoms with Gasteiger partial charge in [0.1, 0.15) is 0 Å². The maximum atomic E-state index is 11.5. The molecule has 0 bridgehead atoms. The Kier molecular flexibility index (Phi) is 5.26. The summed E-state index contributed by atoms with van der Waals surface area (Å²) in [5.74, 6) is 1.20. The zero-order valence-electron chi connectivity index (χ0n) is 11.0. The van der Waals surface area contributed by atoms with E-state index in [2.05, 4.69) is 25.7 Å². The van der Waals surface area contributed by atoms with Gasteiger partial charge in [0.25, 0.3) is 0 Å². The molecule has 1 aliphatic rings. The maximum absolute atomic E-state index is 11.5. The molecule has 1 rings (SSSR count). The van der Waals surface area contributed by atoms with Gasteiger partial charge in [-0.25, -0.2) is 0 Å². The Morgan fingerprint density at radius 1 is 1.50 bits per heavy atom. The normalized spacial score (nSPS) is 28.0. The molecular formula is C13H25NO2. The van der Waals surface area contributed by atoms with Crippen molar-refractivity contribution in [2.45, 2.75) is 33.6 Å². The van der Waals surface area contributed by atoms with E-state index in [-0.39, 0.29) is 11.9 Å². The van der Waals surface area contributed by atoms with Crippen molar-refractivity contribution in [3.63, 3.8) is 0 Å². The predicted octanol–water partition coefficient (Wildman–Crippen LogP) is 2.16. The molecule has 3 atom stereocenters. The number of carbonyl (C=O) groups excluding carboxylic acids is 1. The van der Waals surface area contributed by atoms with Crippen molar-refractivity contribution in [3.8, 4) is 0 Å². The van der Waals surface area contributed by atoms with Crippen molar-refractivity contribution in [3.05, 3.63) is 0 Å². The fraction of sp³-hybridized carbons (Fsp3) is 0.923. The highest BCUT2D eigenvalue weighted by Crippen LogP contribution is 2.25. The molecule has 3 nitrogen and oxygen atoms in total. The Hall–Kier alpha value is -0.570. The van der Waals surface area contributed by atoms with Crippen LogP contribution in [0.1, 0.15) is 33.6 Å². The number of methoxy groups -OCH3 is 1. The molecule has 3 heteroatoms. The van der Waals surface area contributed by atoms with Crippen molar-refractivity contribution >= 4 is 5.97 Å². The molecule has 0 aromatic heterocycles. The minimum absolute atomic E-state index is 0.0434. The molecule has 1 heterocycles. The number of nitrogens with zero attached hydrogens (tertiary/aromatic N) is 1. The van der Waals surface area contributed by atoms with E-state index in [1.54, 1.807) is 0 Å². The van der Waals surface area contributed by atoms with Crippen molar-refractivity contribution in [1.29, 1.82) is 0 Å². The number of rotatable bonds is 5. The topological polar surface area (TPSA) is 29.5 Å². The van der Waals surface area contributed by atoms with Crippen molar-refractivity contribution < 1.29 is 9.53 Å².